The van der Waals surface area contributed by atoms with Crippen LogP contribution in [0.5, 0.6) is 5.75 Å². The monoisotopic (exact) mass is 275 g/mol. The van der Waals surface area contributed by atoms with Crippen molar-refractivity contribution < 1.29 is 13.9 Å². The topological polar surface area (TPSA) is 77.2 Å². The van der Waals surface area contributed by atoms with Crippen molar-refractivity contribution in [2.24, 2.45) is 0 Å². The van der Waals surface area contributed by atoms with Crippen LogP contribution >= 0.6 is 0 Å². The Bertz CT molecular complexity index is 659. The quantitative estimate of drug-likeness (QED) is 0.901. The van der Waals surface area contributed by atoms with Gasteiger partial charge in [-0.1, -0.05) is 0 Å². The highest BCUT2D eigenvalue weighted by atomic mass is 19.1. The summed E-state index contributed by atoms with van der Waals surface area (Å²) in [6, 6.07) is 5.68. The van der Waals surface area contributed by atoms with Gasteiger partial charge in [-0.25, -0.2) is 9.37 Å². The lowest BCUT2D eigenvalue weighted by molar-refractivity contribution is 0.102. The molecule has 0 aliphatic rings. The van der Waals surface area contributed by atoms with E-state index < -0.39 is 11.7 Å². The first kappa shape index (κ1) is 13.8. The zero-order valence-corrected chi connectivity index (χ0v) is 11.1. The fraction of sp³-hybridized carbons (Fsp3) is 0.143. The molecule has 0 fully saturated rings. The van der Waals surface area contributed by atoms with Crippen molar-refractivity contribution in [1.82, 2.24) is 4.98 Å². The Morgan fingerprint density at radius 1 is 1.40 bits per heavy atom. The molecule has 0 bridgehead atoms. The van der Waals surface area contributed by atoms with Crippen LogP contribution in [0.4, 0.5) is 15.9 Å². The third kappa shape index (κ3) is 2.85. The zero-order chi connectivity index (χ0) is 14.7. The molecule has 0 spiro atoms. The standard InChI is InChI=1S/C14H14FN3O2/c1-8-5-10(16)7-17-13(8)18-14(19)9-3-4-12(20-2)11(15)6-9/h3-7H,16H2,1-2H3,(H,17,18,19). The number of benzene rings is 1. The lowest BCUT2D eigenvalue weighted by atomic mass is 10.2. The Kier molecular flexibility index (Phi) is 3.84. The predicted molar refractivity (Wildman–Crippen MR) is 74.3 cm³/mol. The van der Waals surface area contributed by atoms with Crippen molar-refractivity contribution in [2.45, 2.75) is 6.92 Å². The molecule has 104 valence electrons. The number of methoxy groups -OCH3 is 1. The van der Waals surface area contributed by atoms with Gasteiger partial charge in [-0.15, -0.1) is 0 Å². The number of nitrogens with two attached hydrogens (primary N) is 1. The number of nitrogens with zero attached hydrogens (tertiary/aromatic N) is 1. The lowest BCUT2D eigenvalue weighted by Crippen LogP contribution is -2.14. The molecule has 0 saturated carbocycles. The number of carbonyl (C=O) groups excluding carboxylic acids is 1. The molecule has 0 radical (unpaired) electrons. The number of anilines is 2. The first-order chi connectivity index (χ1) is 9.51. The number of ether oxygens (including phenoxy) is 1. The summed E-state index contributed by atoms with van der Waals surface area (Å²) in [6.45, 7) is 1.77. The second-order valence-corrected chi connectivity index (χ2v) is 4.24. The number of hydrogen-bond acceptors (Lipinski definition) is 4. The number of nitrogen functional groups attached to an aromatic ring is 1. The van der Waals surface area contributed by atoms with E-state index in [0.29, 0.717) is 11.5 Å². The third-order valence-electron chi connectivity index (χ3n) is 2.75. The minimum atomic E-state index is -0.595. The molecular weight excluding hydrogens is 261 g/mol. The smallest absolute Gasteiger partial charge is 0.256 e. The number of amides is 1. The van der Waals surface area contributed by atoms with Crippen LogP contribution in [0.1, 0.15) is 15.9 Å². The first-order valence-corrected chi connectivity index (χ1v) is 5.88. The minimum Gasteiger partial charge on any atom is -0.494 e. The van der Waals surface area contributed by atoms with E-state index in [4.69, 9.17) is 10.5 Å². The van der Waals surface area contributed by atoms with Crippen LogP contribution in [-0.4, -0.2) is 18.0 Å². The molecule has 6 heteroatoms. The molecule has 1 aromatic carbocycles. The Hall–Kier alpha value is -2.63. The molecule has 1 heterocycles. The second kappa shape index (κ2) is 5.56. The molecule has 0 unspecified atom stereocenters. The highest BCUT2D eigenvalue weighted by Gasteiger charge is 2.12. The maximum Gasteiger partial charge on any atom is 0.256 e. The van der Waals surface area contributed by atoms with Crippen LogP contribution in [0.2, 0.25) is 0 Å². The number of halogens is 1. The molecular formula is C14H14FN3O2. The van der Waals surface area contributed by atoms with Gasteiger partial charge in [-0.2, -0.15) is 0 Å². The van der Waals surface area contributed by atoms with Crippen molar-refractivity contribution in [3.8, 4) is 5.75 Å². The fourth-order valence-corrected chi connectivity index (χ4v) is 1.71. The van der Waals surface area contributed by atoms with E-state index in [1.54, 1.807) is 13.0 Å². The molecule has 0 aliphatic carbocycles. The Balaban J connectivity index is 2.21. The van der Waals surface area contributed by atoms with E-state index in [2.05, 4.69) is 10.3 Å². The van der Waals surface area contributed by atoms with Crippen molar-refractivity contribution >= 4 is 17.4 Å². The molecule has 1 amide bonds. The SMILES string of the molecule is COc1ccc(C(=O)Nc2ncc(N)cc2C)cc1F. The molecule has 20 heavy (non-hydrogen) atoms. The number of carbonyl (C=O) groups is 1. The van der Waals surface area contributed by atoms with E-state index in [1.165, 1.54) is 25.4 Å². The first-order valence-electron chi connectivity index (χ1n) is 5.88. The van der Waals surface area contributed by atoms with Gasteiger partial charge in [0.05, 0.1) is 19.0 Å². The van der Waals surface area contributed by atoms with Gasteiger partial charge in [0.25, 0.3) is 5.91 Å². The fourth-order valence-electron chi connectivity index (χ4n) is 1.71. The highest BCUT2D eigenvalue weighted by molar-refractivity contribution is 6.04. The number of hydrogen-bond donors (Lipinski definition) is 2. The van der Waals surface area contributed by atoms with Gasteiger partial charge in [-0.05, 0) is 36.8 Å². The molecule has 0 atom stereocenters. The Morgan fingerprint density at radius 3 is 2.75 bits per heavy atom. The molecule has 2 rings (SSSR count). The average molecular weight is 275 g/mol. The van der Waals surface area contributed by atoms with Crippen molar-refractivity contribution in [3.05, 3.63) is 47.4 Å². The predicted octanol–water partition coefficient (Wildman–Crippen LogP) is 2.37. The van der Waals surface area contributed by atoms with E-state index in [0.717, 1.165) is 11.6 Å². The van der Waals surface area contributed by atoms with E-state index in [-0.39, 0.29) is 11.3 Å². The van der Waals surface area contributed by atoms with E-state index >= 15 is 0 Å². The lowest BCUT2D eigenvalue weighted by Gasteiger charge is -2.09. The summed E-state index contributed by atoms with van der Waals surface area (Å²) < 4.78 is 18.3. The van der Waals surface area contributed by atoms with Crippen LogP contribution in [0.15, 0.2) is 30.5 Å². The van der Waals surface area contributed by atoms with Crippen LogP contribution in [-0.2, 0) is 0 Å². The van der Waals surface area contributed by atoms with Gasteiger partial charge in [-0.3, -0.25) is 4.79 Å². The minimum absolute atomic E-state index is 0.0864. The van der Waals surface area contributed by atoms with Gasteiger partial charge >= 0.3 is 0 Å². The Morgan fingerprint density at radius 2 is 2.15 bits per heavy atom. The van der Waals surface area contributed by atoms with Crippen molar-refractivity contribution in [3.63, 3.8) is 0 Å². The van der Waals surface area contributed by atoms with Crippen molar-refractivity contribution in [2.75, 3.05) is 18.2 Å². The van der Waals surface area contributed by atoms with Crippen molar-refractivity contribution in [1.29, 1.82) is 0 Å². The van der Waals surface area contributed by atoms with Crippen LogP contribution in [0.3, 0.4) is 0 Å². The van der Waals surface area contributed by atoms with E-state index in [9.17, 15) is 9.18 Å². The Labute approximate surface area is 115 Å². The third-order valence-corrected chi connectivity index (χ3v) is 2.75. The number of aromatic nitrogens is 1. The van der Waals surface area contributed by atoms with Gasteiger partial charge in [0.1, 0.15) is 5.82 Å². The summed E-state index contributed by atoms with van der Waals surface area (Å²) in [5, 5.41) is 2.61. The van der Waals surface area contributed by atoms with E-state index in [1.807, 2.05) is 0 Å². The number of aryl methyl sites for hydroxylation is 1. The zero-order valence-electron chi connectivity index (χ0n) is 11.1. The molecule has 5 nitrogen and oxygen atoms in total. The van der Waals surface area contributed by atoms with Crippen LogP contribution in [0, 0.1) is 12.7 Å². The largest absolute Gasteiger partial charge is 0.494 e. The molecule has 0 aliphatic heterocycles. The number of nitrogens with one attached hydrogen (secondary N) is 1. The molecule has 1 aromatic heterocycles. The van der Waals surface area contributed by atoms with Crippen LogP contribution < -0.4 is 15.8 Å². The summed E-state index contributed by atoms with van der Waals surface area (Å²) in [5.41, 5.74) is 7.00. The van der Waals surface area contributed by atoms with Crippen LogP contribution in [0.25, 0.3) is 0 Å². The summed E-state index contributed by atoms with van der Waals surface area (Å²) >= 11 is 0. The second-order valence-electron chi connectivity index (χ2n) is 4.24. The molecule has 2 aromatic rings. The maximum atomic E-state index is 13.5. The highest BCUT2D eigenvalue weighted by Crippen LogP contribution is 2.19. The normalized spacial score (nSPS) is 10.2. The summed E-state index contributed by atoms with van der Waals surface area (Å²) in [4.78, 5) is 16.0. The summed E-state index contributed by atoms with van der Waals surface area (Å²) in [6.07, 6.45) is 1.44. The maximum absolute atomic E-state index is 13.5. The average Bonchev–Trinajstić information content (AvgIpc) is 2.41. The number of rotatable bonds is 3. The summed E-state index contributed by atoms with van der Waals surface area (Å²) in [7, 11) is 1.36. The van der Waals surface area contributed by atoms with Gasteiger partial charge in [0, 0.05) is 5.56 Å². The molecule has 0 saturated heterocycles. The summed E-state index contributed by atoms with van der Waals surface area (Å²) in [5.74, 6) is -0.571. The van der Waals surface area contributed by atoms with Gasteiger partial charge in [0.2, 0.25) is 0 Å². The number of pyridine rings is 1. The van der Waals surface area contributed by atoms with Gasteiger partial charge < -0.3 is 15.8 Å². The van der Waals surface area contributed by atoms with Gasteiger partial charge in [0.15, 0.2) is 11.6 Å². The molecule has 3 N–H and O–H groups in total.